The van der Waals surface area contributed by atoms with Crippen molar-refractivity contribution in [1.82, 2.24) is 0 Å². The zero-order chi connectivity index (χ0) is 20.1. The summed E-state index contributed by atoms with van der Waals surface area (Å²) in [5.74, 6) is 0.0171. The van der Waals surface area contributed by atoms with Crippen LogP contribution < -0.4 is 20.1 Å². The third-order valence-corrected chi connectivity index (χ3v) is 4.95. The van der Waals surface area contributed by atoms with Crippen molar-refractivity contribution in [2.75, 3.05) is 24.9 Å². The first-order valence-electron chi connectivity index (χ1n) is 9.51. The molecule has 6 heteroatoms. The van der Waals surface area contributed by atoms with Gasteiger partial charge in [0, 0.05) is 23.9 Å². The Hall–Kier alpha value is -3.02. The summed E-state index contributed by atoms with van der Waals surface area (Å²) in [6, 6.07) is 11.3. The Morgan fingerprint density at radius 3 is 2.46 bits per heavy atom. The van der Waals surface area contributed by atoms with E-state index in [1.807, 2.05) is 24.3 Å². The molecule has 0 spiro atoms. The molecule has 2 aromatic carbocycles. The highest BCUT2D eigenvalue weighted by Gasteiger charge is 2.32. The number of carbonyl (C=O) groups is 2. The molecule has 0 unspecified atom stereocenters. The van der Waals surface area contributed by atoms with Gasteiger partial charge in [0.1, 0.15) is 0 Å². The van der Waals surface area contributed by atoms with Crippen LogP contribution in [0.25, 0.3) is 0 Å². The summed E-state index contributed by atoms with van der Waals surface area (Å²) in [6.07, 6.45) is 3.41. The van der Waals surface area contributed by atoms with Crippen LogP contribution >= 0.6 is 0 Å². The second kappa shape index (κ2) is 8.78. The standard InChI is InChI=1S/C22H26N2O4/c1-4-5-6-14-7-9-15(10-8-14)23-22(26)17-12-21(25)24-18-13-20(28-3)19(27-2)11-16(17)18/h7-11,13,17H,4-6,12H2,1-3H3,(H,23,26)(H,24,25)/t17-/m0/s1. The Morgan fingerprint density at radius 1 is 1.14 bits per heavy atom. The Balaban J connectivity index is 1.81. The quantitative estimate of drug-likeness (QED) is 0.755. The molecule has 6 nitrogen and oxygen atoms in total. The molecule has 2 aromatic rings. The molecule has 0 saturated heterocycles. The van der Waals surface area contributed by atoms with Crippen LogP contribution in [0, 0.1) is 0 Å². The molecule has 0 aromatic heterocycles. The zero-order valence-electron chi connectivity index (χ0n) is 16.5. The molecule has 2 amide bonds. The lowest BCUT2D eigenvalue weighted by atomic mass is 9.89. The van der Waals surface area contributed by atoms with Crippen LogP contribution in [0.15, 0.2) is 36.4 Å². The van der Waals surface area contributed by atoms with Crippen LogP contribution in [0.5, 0.6) is 11.5 Å². The van der Waals surface area contributed by atoms with Crippen LogP contribution in [0.3, 0.4) is 0 Å². The Morgan fingerprint density at radius 2 is 1.82 bits per heavy atom. The molecular formula is C22H26N2O4. The fourth-order valence-corrected chi connectivity index (χ4v) is 3.39. The van der Waals surface area contributed by atoms with Gasteiger partial charge in [-0.25, -0.2) is 0 Å². The lowest BCUT2D eigenvalue weighted by Gasteiger charge is -2.26. The van der Waals surface area contributed by atoms with Crippen molar-refractivity contribution >= 4 is 23.2 Å². The van der Waals surface area contributed by atoms with Gasteiger partial charge in [0.15, 0.2) is 11.5 Å². The third-order valence-electron chi connectivity index (χ3n) is 4.95. The number of carbonyl (C=O) groups excluding carboxylic acids is 2. The second-order valence-electron chi connectivity index (χ2n) is 6.89. The lowest BCUT2D eigenvalue weighted by Crippen LogP contribution is -2.30. The number of nitrogens with one attached hydrogen (secondary N) is 2. The highest BCUT2D eigenvalue weighted by atomic mass is 16.5. The van der Waals surface area contributed by atoms with Crippen LogP contribution in [-0.2, 0) is 16.0 Å². The lowest BCUT2D eigenvalue weighted by molar-refractivity contribution is -0.123. The first kappa shape index (κ1) is 19.7. The van der Waals surface area contributed by atoms with Gasteiger partial charge < -0.3 is 20.1 Å². The van der Waals surface area contributed by atoms with Gasteiger partial charge in [-0.15, -0.1) is 0 Å². The molecule has 148 valence electrons. The van der Waals surface area contributed by atoms with Gasteiger partial charge in [-0.3, -0.25) is 9.59 Å². The zero-order valence-corrected chi connectivity index (χ0v) is 16.5. The number of fused-ring (bicyclic) bond motifs is 1. The number of unbranched alkanes of at least 4 members (excludes halogenated alkanes) is 1. The van der Waals surface area contributed by atoms with E-state index >= 15 is 0 Å². The van der Waals surface area contributed by atoms with Crippen molar-refractivity contribution in [2.24, 2.45) is 0 Å². The first-order valence-corrected chi connectivity index (χ1v) is 9.51. The largest absolute Gasteiger partial charge is 0.493 e. The molecule has 1 atom stereocenters. The highest BCUT2D eigenvalue weighted by Crippen LogP contribution is 2.40. The smallest absolute Gasteiger partial charge is 0.232 e. The molecule has 0 radical (unpaired) electrons. The number of anilines is 2. The molecule has 0 saturated carbocycles. The fraction of sp³-hybridized carbons (Fsp3) is 0.364. The number of amides is 2. The van der Waals surface area contributed by atoms with Gasteiger partial charge in [-0.05, 0) is 42.2 Å². The van der Waals surface area contributed by atoms with E-state index in [0.29, 0.717) is 22.7 Å². The minimum Gasteiger partial charge on any atom is -0.493 e. The molecular weight excluding hydrogens is 356 g/mol. The fourth-order valence-electron chi connectivity index (χ4n) is 3.39. The van der Waals surface area contributed by atoms with E-state index in [0.717, 1.165) is 24.9 Å². The summed E-state index contributed by atoms with van der Waals surface area (Å²) in [4.78, 5) is 25.1. The molecule has 0 bridgehead atoms. The number of aryl methyl sites for hydroxylation is 1. The molecule has 2 N–H and O–H groups in total. The van der Waals surface area contributed by atoms with Gasteiger partial charge >= 0.3 is 0 Å². The molecule has 1 aliphatic heterocycles. The van der Waals surface area contributed by atoms with Crippen molar-refractivity contribution in [3.8, 4) is 11.5 Å². The summed E-state index contributed by atoms with van der Waals surface area (Å²) >= 11 is 0. The predicted molar refractivity (Wildman–Crippen MR) is 109 cm³/mol. The Labute approximate surface area is 165 Å². The topological polar surface area (TPSA) is 76.7 Å². The van der Waals surface area contributed by atoms with E-state index in [-0.39, 0.29) is 18.2 Å². The average molecular weight is 382 g/mol. The van der Waals surface area contributed by atoms with Crippen molar-refractivity contribution in [1.29, 1.82) is 0 Å². The molecule has 1 aliphatic rings. The van der Waals surface area contributed by atoms with Crippen molar-refractivity contribution < 1.29 is 19.1 Å². The average Bonchev–Trinajstić information content (AvgIpc) is 2.71. The second-order valence-corrected chi connectivity index (χ2v) is 6.89. The van der Waals surface area contributed by atoms with E-state index in [1.54, 1.807) is 19.2 Å². The van der Waals surface area contributed by atoms with Gasteiger partial charge in [-0.1, -0.05) is 25.5 Å². The minimum absolute atomic E-state index is 0.0862. The van der Waals surface area contributed by atoms with Crippen molar-refractivity contribution in [3.05, 3.63) is 47.5 Å². The van der Waals surface area contributed by atoms with Gasteiger partial charge in [0.25, 0.3) is 0 Å². The van der Waals surface area contributed by atoms with Crippen LogP contribution in [0.4, 0.5) is 11.4 Å². The monoisotopic (exact) mass is 382 g/mol. The summed E-state index contributed by atoms with van der Waals surface area (Å²) < 4.78 is 10.6. The first-order chi connectivity index (χ1) is 13.5. The highest BCUT2D eigenvalue weighted by molar-refractivity contribution is 6.05. The number of rotatable bonds is 7. The number of hydrogen-bond acceptors (Lipinski definition) is 4. The number of methoxy groups -OCH3 is 2. The Kier molecular flexibility index (Phi) is 6.19. The van der Waals surface area contributed by atoms with Crippen LogP contribution in [0.1, 0.15) is 43.2 Å². The molecule has 1 heterocycles. The van der Waals surface area contributed by atoms with Gasteiger partial charge in [-0.2, -0.15) is 0 Å². The van der Waals surface area contributed by atoms with E-state index in [9.17, 15) is 9.59 Å². The maximum atomic E-state index is 12.9. The van der Waals surface area contributed by atoms with Gasteiger partial charge in [0.2, 0.25) is 11.8 Å². The van der Waals surface area contributed by atoms with Crippen molar-refractivity contribution in [2.45, 2.75) is 38.5 Å². The van der Waals surface area contributed by atoms with Gasteiger partial charge in [0.05, 0.1) is 20.1 Å². The summed E-state index contributed by atoms with van der Waals surface area (Å²) in [5.41, 5.74) is 3.26. The summed E-state index contributed by atoms with van der Waals surface area (Å²) in [7, 11) is 3.07. The Bertz CT molecular complexity index is 862. The van der Waals surface area contributed by atoms with Crippen molar-refractivity contribution in [3.63, 3.8) is 0 Å². The van der Waals surface area contributed by atoms with Crippen LogP contribution in [-0.4, -0.2) is 26.0 Å². The summed E-state index contributed by atoms with van der Waals surface area (Å²) in [6.45, 7) is 2.16. The maximum absolute atomic E-state index is 12.9. The third kappa shape index (κ3) is 4.27. The molecule has 0 aliphatic carbocycles. The van der Waals surface area contributed by atoms with E-state index in [4.69, 9.17) is 9.47 Å². The van der Waals surface area contributed by atoms with E-state index < -0.39 is 5.92 Å². The minimum atomic E-state index is -0.594. The number of hydrogen-bond donors (Lipinski definition) is 2. The molecule has 28 heavy (non-hydrogen) atoms. The van der Waals surface area contributed by atoms with E-state index in [1.165, 1.54) is 12.7 Å². The van der Waals surface area contributed by atoms with Crippen LogP contribution in [0.2, 0.25) is 0 Å². The maximum Gasteiger partial charge on any atom is 0.232 e. The SMILES string of the molecule is CCCCc1ccc(NC(=O)[C@H]2CC(=O)Nc3cc(OC)c(OC)cc32)cc1. The van der Waals surface area contributed by atoms with E-state index in [2.05, 4.69) is 17.6 Å². The molecule has 0 fully saturated rings. The molecule has 3 rings (SSSR count). The number of ether oxygens (including phenoxy) is 2. The predicted octanol–water partition coefficient (Wildman–Crippen LogP) is 4.11. The number of benzene rings is 2. The normalized spacial score (nSPS) is 15.4. The summed E-state index contributed by atoms with van der Waals surface area (Å²) in [5, 5.41) is 5.74.